The van der Waals surface area contributed by atoms with E-state index in [0.717, 1.165) is 6.54 Å². The van der Waals surface area contributed by atoms with Gasteiger partial charge in [-0.15, -0.1) is 11.3 Å². The molecule has 0 radical (unpaired) electrons. The van der Waals surface area contributed by atoms with Crippen LogP contribution in [0.5, 0.6) is 0 Å². The van der Waals surface area contributed by atoms with Gasteiger partial charge in [0.15, 0.2) is 0 Å². The lowest BCUT2D eigenvalue weighted by Gasteiger charge is -2.19. The van der Waals surface area contributed by atoms with Crippen molar-refractivity contribution in [2.24, 2.45) is 0 Å². The highest BCUT2D eigenvalue weighted by Gasteiger charge is 2.17. The molecular weight excluding hydrogens is 154 g/mol. The Balaban J connectivity index is 2.43. The monoisotopic (exact) mass is 167 g/mol. The molecule has 11 heavy (non-hydrogen) atoms. The minimum absolute atomic E-state index is 0.581. The second-order valence-corrected chi connectivity index (χ2v) is 4.46. The molecule has 0 spiro atoms. The van der Waals surface area contributed by atoms with E-state index in [9.17, 15) is 0 Å². The zero-order valence-corrected chi connectivity index (χ0v) is 7.79. The highest BCUT2D eigenvalue weighted by molar-refractivity contribution is 7.12. The highest BCUT2D eigenvalue weighted by Crippen LogP contribution is 2.30. The summed E-state index contributed by atoms with van der Waals surface area (Å²) >= 11 is 1.94. The largest absolute Gasteiger partial charge is 0.309 e. The lowest BCUT2D eigenvalue weighted by atomic mass is 10.1. The number of rotatable bonds is 0. The molecule has 0 fully saturated rings. The van der Waals surface area contributed by atoms with Crippen molar-refractivity contribution < 1.29 is 0 Å². The predicted octanol–water partition coefficient (Wildman–Crippen LogP) is 2.26. The van der Waals surface area contributed by atoms with Crippen LogP contribution in [0.4, 0.5) is 0 Å². The summed E-state index contributed by atoms with van der Waals surface area (Å²) in [5.41, 5.74) is 1.57. The molecule has 1 nitrogen and oxygen atoms in total. The zero-order chi connectivity index (χ0) is 7.84. The van der Waals surface area contributed by atoms with E-state index in [2.05, 4.69) is 25.2 Å². The number of thiophene rings is 1. The zero-order valence-electron chi connectivity index (χ0n) is 6.98. The Morgan fingerprint density at radius 3 is 3.18 bits per heavy atom. The molecule has 1 unspecified atom stereocenters. The molecule has 1 N–H and O–H groups in total. The molecule has 1 aromatic rings. The summed E-state index contributed by atoms with van der Waals surface area (Å²) < 4.78 is 0. The Bertz CT molecular complexity index is 265. The van der Waals surface area contributed by atoms with Crippen LogP contribution in [0.2, 0.25) is 0 Å². The van der Waals surface area contributed by atoms with E-state index in [4.69, 9.17) is 0 Å². The second-order valence-electron chi connectivity index (χ2n) is 3.17. The van der Waals surface area contributed by atoms with Crippen molar-refractivity contribution in [3.63, 3.8) is 0 Å². The Kier molecular flexibility index (Phi) is 1.74. The lowest BCUT2D eigenvalue weighted by Crippen LogP contribution is -2.26. The number of fused-ring (bicyclic) bond motifs is 1. The molecule has 0 aliphatic carbocycles. The summed E-state index contributed by atoms with van der Waals surface area (Å²) in [4.78, 5) is 3.00. The smallest absolute Gasteiger partial charge is 0.0389 e. The van der Waals surface area contributed by atoms with Gasteiger partial charge in [-0.2, -0.15) is 0 Å². The summed E-state index contributed by atoms with van der Waals surface area (Å²) in [6, 6.07) is 2.91. The van der Waals surface area contributed by atoms with E-state index < -0.39 is 0 Å². The van der Waals surface area contributed by atoms with Crippen molar-refractivity contribution in [3.05, 3.63) is 21.4 Å². The van der Waals surface area contributed by atoms with E-state index in [1.54, 1.807) is 10.4 Å². The molecule has 0 bridgehead atoms. The molecule has 60 valence electrons. The van der Waals surface area contributed by atoms with Crippen molar-refractivity contribution in [2.45, 2.75) is 26.3 Å². The van der Waals surface area contributed by atoms with Crippen LogP contribution < -0.4 is 5.32 Å². The van der Waals surface area contributed by atoms with Gasteiger partial charge in [0.05, 0.1) is 0 Å². The van der Waals surface area contributed by atoms with Crippen LogP contribution in [0.3, 0.4) is 0 Å². The molecule has 0 saturated carbocycles. The first-order valence-electron chi connectivity index (χ1n) is 4.10. The predicted molar refractivity (Wildman–Crippen MR) is 49.2 cm³/mol. The second kappa shape index (κ2) is 2.61. The van der Waals surface area contributed by atoms with Crippen LogP contribution in [0.25, 0.3) is 0 Å². The van der Waals surface area contributed by atoms with Gasteiger partial charge in [0.1, 0.15) is 0 Å². The summed E-state index contributed by atoms with van der Waals surface area (Å²) in [6.45, 7) is 5.58. The van der Waals surface area contributed by atoms with Crippen molar-refractivity contribution >= 4 is 11.3 Å². The first-order valence-corrected chi connectivity index (χ1v) is 4.91. The maximum absolute atomic E-state index is 3.46. The quantitative estimate of drug-likeness (QED) is 0.625. The first-order chi connectivity index (χ1) is 5.27. The van der Waals surface area contributed by atoms with Crippen LogP contribution in [-0.4, -0.2) is 6.54 Å². The van der Waals surface area contributed by atoms with E-state index >= 15 is 0 Å². The normalized spacial score (nSPS) is 23.3. The molecule has 2 heterocycles. The Labute approximate surface area is 71.4 Å². The van der Waals surface area contributed by atoms with Crippen molar-refractivity contribution in [2.75, 3.05) is 6.54 Å². The van der Waals surface area contributed by atoms with Gasteiger partial charge >= 0.3 is 0 Å². The Morgan fingerprint density at radius 1 is 1.64 bits per heavy atom. The summed E-state index contributed by atoms with van der Waals surface area (Å²) in [5, 5.41) is 3.46. The van der Waals surface area contributed by atoms with Crippen molar-refractivity contribution in [1.82, 2.24) is 5.32 Å². The third kappa shape index (κ3) is 1.21. The van der Waals surface area contributed by atoms with Crippen molar-refractivity contribution in [1.29, 1.82) is 0 Å². The molecule has 1 aliphatic heterocycles. The lowest BCUT2D eigenvalue weighted by molar-refractivity contribution is 0.551. The molecule has 1 aromatic heterocycles. The van der Waals surface area contributed by atoms with Crippen molar-refractivity contribution in [3.8, 4) is 0 Å². The first kappa shape index (κ1) is 7.32. The summed E-state index contributed by atoms with van der Waals surface area (Å²) in [5.74, 6) is 0. The fourth-order valence-electron chi connectivity index (χ4n) is 1.66. The van der Waals surface area contributed by atoms with Gasteiger partial charge in [-0.05, 0) is 38.4 Å². The van der Waals surface area contributed by atoms with Gasteiger partial charge in [0.25, 0.3) is 0 Å². The van der Waals surface area contributed by atoms with Gasteiger partial charge in [-0.25, -0.2) is 0 Å². The number of hydrogen-bond acceptors (Lipinski definition) is 2. The maximum atomic E-state index is 3.46. The average Bonchev–Trinajstić information content (AvgIpc) is 2.31. The minimum atomic E-state index is 0.581. The highest BCUT2D eigenvalue weighted by atomic mass is 32.1. The molecule has 1 atom stereocenters. The molecule has 2 heteroatoms. The van der Waals surface area contributed by atoms with Crippen LogP contribution in [0.15, 0.2) is 6.07 Å². The van der Waals surface area contributed by atoms with Crippen LogP contribution in [0.1, 0.15) is 28.3 Å². The third-order valence-electron chi connectivity index (χ3n) is 2.20. The molecule has 0 saturated heterocycles. The molecular formula is C9H13NS. The summed E-state index contributed by atoms with van der Waals surface area (Å²) in [7, 11) is 0. The minimum Gasteiger partial charge on any atom is -0.309 e. The van der Waals surface area contributed by atoms with Crippen LogP contribution in [-0.2, 0) is 6.42 Å². The SMILES string of the molecule is Cc1cc2c(s1)C(C)NCC2. The topological polar surface area (TPSA) is 12.0 Å². The van der Waals surface area contributed by atoms with Gasteiger partial charge < -0.3 is 5.32 Å². The fourth-order valence-corrected chi connectivity index (χ4v) is 2.76. The van der Waals surface area contributed by atoms with Gasteiger partial charge in [0.2, 0.25) is 0 Å². The molecule has 1 aliphatic rings. The van der Waals surface area contributed by atoms with Crippen LogP contribution >= 0.6 is 11.3 Å². The third-order valence-corrected chi connectivity index (χ3v) is 3.48. The molecule has 0 aromatic carbocycles. The van der Waals surface area contributed by atoms with E-state index in [1.807, 2.05) is 11.3 Å². The average molecular weight is 167 g/mol. The van der Waals surface area contributed by atoms with Gasteiger partial charge in [-0.1, -0.05) is 0 Å². The number of nitrogens with one attached hydrogen (secondary N) is 1. The standard InChI is InChI=1S/C9H13NS/c1-6-5-8-3-4-10-7(2)9(8)11-6/h5,7,10H,3-4H2,1-2H3. The summed E-state index contributed by atoms with van der Waals surface area (Å²) in [6.07, 6.45) is 1.21. The van der Waals surface area contributed by atoms with Gasteiger partial charge in [-0.3, -0.25) is 0 Å². The van der Waals surface area contributed by atoms with E-state index in [1.165, 1.54) is 11.3 Å². The number of aryl methyl sites for hydroxylation is 1. The van der Waals surface area contributed by atoms with Crippen LogP contribution in [0, 0.1) is 6.92 Å². The molecule has 2 rings (SSSR count). The Hall–Kier alpha value is -0.340. The number of hydrogen-bond donors (Lipinski definition) is 1. The molecule has 0 amide bonds. The Morgan fingerprint density at radius 2 is 2.45 bits per heavy atom. The van der Waals surface area contributed by atoms with E-state index in [-0.39, 0.29) is 0 Å². The fraction of sp³-hybridized carbons (Fsp3) is 0.556. The maximum Gasteiger partial charge on any atom is 0.0389 e. The van der Waals surface area contributed by atoms with E-state index in [0.29, 0.717) is 6.04 Å². The van der Waals surface area contributed by atoms with Gasteiger partial charge in [0, 0.05) is 15.8 Å².